The lowest BCUT2D eigenvalue weighted by Crippen LogP contribution is -2.17. The molecule has 2 rings (SSSR count). The number of rotatable bonds is 1. The Morgan fingerprint density at radius 1 is 1.31 bits per heavy atom. The summed E-state index contributed by atoms with van der Waals surface area (Å²) >= 11 is 7.86. The monoisotopic (exact) mass is 261 g/mol. The fourth-order valence-corrected chi connectivity index (χ4v) is 2.65. The molecule has 0 fully saturated rings. The number of thioether (sulfide) groups is 1. The van der Waals surface area contributed by atoms with Gasteiger partial charge in [-0.05, 0) is 19.7 Å². The van der Waals surface area contributed by atoms with Crippen molar-refractivity contribution in [1.82, 2.24) is 14.7 Å². The van der Waals surface area contributed by atoms with E-state index >= 15 is 0 Å². The average molecular weight is 262 g/mol. The molecular formula is C11H20ClN3S. The minimum absolute atomic E-state index is 0.839. The molecule has 0 aromatic carbocycles. The summed E-state index contributed by atoms with van der Waals surface area (Å²) < 4.78 is 2.05. The lowest BCUT2D eigenvalue weighted by molar-refractivity contribution is 0.332. The summed E-state index contributed by atoms with van der Waals surface area (Å²) in [6.45, 7) is 7.01. The zero-order valence-electron chi connectivity index (χ0n) is 10.5. The molecule has 1 aromatic rings. The normalized spacial score (nSPS) is 16.1. The van der Waals surface area contributed by atoms with E-state index in [-0.39, 0.29) is 0 Å². The van der Waals surface area contributed by atoms with Gasteiger partial charge in [0.25, 0.3) is 0 Å². The Morgan fingerprint density at radius 2 is 2.00 bits per heavy atom. The van der Waals surface area contributed by atoms with Crippen molar-refractivity contribution in [3.05, 3.63) is 10.7 Å². The van der Waals surface area contributed by atoms with E-state index in [0.29, 0.717) is 0 Å². The van der Waals surface area contributed by atoms with Crippen molar-refractivity contribution in [2.24, 2.45) is 0 Å². The standard InChI is InChI=1S/C9H14ClN3S.C2H6/c1-12-4-3-5-13-7(6-12)8(10)9(11-13)14-2;1-2/h3-6H2,1-2H3;1-2H3. The second kappa shape index (κ2) is 6.52. The first kappa shape index (κ1) is 13.9. The first-order chi connectivity index (χ1) is 7.72. The first-order valence-corrected chi connectivity index (χ1v) is 7.30. The molecule has 0 radical (unpaired) electrons. The summed E-state index contributed by atoms with van der Waals surface area (Å²) in [6.07, 6.45) is 3.16. The summed E-state index contributed by atoms with van der Waals surface area (Å²) in [5.41, 5.74) is 1.16. The number of aromatic nitrogens is 2. The van der Waals surface area contributed by atoms with E-state index in [0.717, 1.165) is 41.8 Å². The molecule has 5 heteroatoms. The van der Waals surface area contributed by atoms with Gasteiger partial charge in [0.15, 0.2) is 0 Å². The van der Waals surface area contributed by atoms with Crippen molar-refractivity contribution >= 4 is 23.4 Å². The molecule has 2 heterocycles. The van der Waals surface area contributed by atoms with Crippen LogP contribution in [0.3, 0.4) is 0 Å². The molecular weight excluding hydrogens is 242 g/mol. The van der Waals surface area contributed by atoms with Gasteiger partial charge in [0.1, 0.15) is 5.03 Å². The Morgan fingerprint density at radius 3 is 2.62 bits per heavy atom. The molecule has 3 nitrogen and oxygen atoms in total. The lowest BCUT2D eigenvalue weighted by atomic mass is 10.4. The molecule has 0 amide bonds. The summed E-state index contributed by atoms with van der Waals surface area (Å²) in [7, 11) is 2.12. The minimum atomic E-state index is 0.839. The van der Waals surface area contributed by atoms with Crippen molar-refractivity contribution in [3.63, 3.8) is 0 Å². The SMILES string of the molecule is CC.CSc1nn2c(c1Cl)CN(C)CCC2. The molecule has 0 aliphatic carbocycles. The minimum Gasteiger partial charge on any atom is -0.300 e. The lowest BCUT2D eigenvalue weighted by Gasteiger charge is -2.11. The molecule has 0 atom stereocenters. The fraction of sp³-hybridized carbons (Fsp3) is 0.727. The van der Waals surface area contributed by atoms with Crippen molar-refractivity contribution in [3.8, 4) is 0 Å². The highest BCUT2D eigenvalue weighted by Gasteiger charge is 2.19. The van der Waals surface area contributed by atoms with Crippen LogP contribution >= 0.6 is 23.4 Å². The van der Waals surface area contributed by atoms with Crippen LogP contribution in [0.15, 0.2) is 5.03 Å². The van der Waals surface area contributed by atoms with Crippen molar-refractivity contribution in [2.75, 3.05) is 19.8 Å². The number of hydrogen-bond acceptors (Lipinski definition) is 3. The molecule has 0 saturated carbocycles. The first-order valence-electron chi connectivity index (χ1n) is 5.70. The van der Waals surface area contributed by atoms with E-state index in [9.17, 15) is 0 Å². The third kappa shape index (κ3) is 2.93. The van der Waals surface area contributed by atoms with Crippen LogP contribution in [0.2, 0.25) is 5.02 Å². The quantitative estimate of drug-likeness (QED) is 0.725. The van der Waals surface area contributed by atoms with Crippen LogP contribution in [0.25, 0.3) is 0 Å². The predicted molar refractivity (Wildman–Crippen MR) is 71.3 cm³/mol. The van der Waals surface area contributed by atoms with Gasteiger partial charge in [0.05, 0.1) is 10.7 Å². The topological polar surface area (TPSA) is 21.1 Å². The van der Waals surface area contributed by atoms with Crippen LogP contribution in [0.5, 0.6) is 0 Å². The van der Waals surface area contributed by atoms with Crippen molar-refractivity contribution in [2.45, 2.75) is 38.4 Å². The Bertz CT molecular complexity index is 338. The largest absolute Gasteiger partial charge is 0.300 e. The van der Waals surface area contributed by atoms with E-state index in [2.05, 4.69) is 21.7 Å². The third-order valence-corrected chi connectivity index (χ3v) is 3.67. The summed E-state index contributed by atoms with van der Waals surface area (Å²) in [6, 6.07) is 0. The van der Waals surface area contributed by atoms with Crippen molar-refractivity contribution in [1.29, 1.82) is 0 Å². The molecule has 0 unspecified atom stereocenters. The van der Waals surface area contributed by atoms with E-state index in [1.54, 1.807) is 11.8 Å². The maximum Gasteiger partial charge on any atom is 0.137 e. The Labute approximate surface area is 107 Å². The Hall–Kier alpha value is -0.190. The zero-order valence-corrected chi connectivity index (χ0v) is 12.0. The van der Waals surface area contributed by atoms with E-state index in [4.69, 9.17) is 11.6 Å². The van der Waals surface area contributed by atoms with Crippen LogP contribution in [-0.4, -0.2) is 34.5 Å². The smallest absolute Gasteiger partial charge is 0.137 e. The van der Waals surface area contributed by atoms with Gasteiger partial charge in [-0.1, -0.05) is 25.4 Å². The number of nitrogens with zero attached hydrogens (tertiary/aromatic N) is 3. The number of aryl methyl sites for hydroxylation is 1. The van der Waals surface area contributed by atoms with Gasteiger partial charge in [0.2, 0.25) is 0 Å². The van der Waals surface area contributed by atoms with Crippen LogP contribution < -0.4 is 0 Å². The molecule has 1 aromatic heterocycles. The van der Waals surface area contributed by atoms with Gasteiger partial charge < -0.3 is 4.90 Å². The van der Waals surface area contributed by atoms with Crippen LogP contribution in [0.4, 0.5) is 0 Å². The second-order valence-electron chi connectivity index (χ2n) is 3.58. The van der Waals surface area contributed by atoms with Crippen LogP contribution in [0, 0.1) is 0 Å². The van der Waals surface area contributed by atoms with Gasteiger partial charge in [-0.15, -0.1) is 11.8 Å². The van der Waals surface area contributed by atoms with Crippen LogP contribution in [-0.2, 0) is 13.1 Å². The number of hydrogen-bond donors (Lipinski definition) is 0. The van der Waals surface area contributed by atoms with Gasteiger partial charge in [-0.3, -0.25) is 4.68 Å². The Balaban J connectivity index is 0.000000606. The highest BCUT2D eigenvalue weighted by atomic mass is 35.5. The molecule has 92 valence electrons. The van der Waals surface area contributed by atoms with Gasteiger partial charge in [-0.25, -0.2) is 0 Å². The van der Waals surface area contributed by atoms with Gasteiger partial charge in [-0.2, -0.15) is 5.10 Å². The van der Waals surface area contributed by atoms with E-state index < -0.39 is 0 Å². The van der Waals surface area contributed by atoms with Crippen molar-refractivity contribution < 1.29 is 0 Å². The molecule has 16 heavy (non-hydrogen) atoms. The van der Waals surface area contributed by atoms with Gasteiger partial charge >= 0.3 is 0 Å². The van der Waals surface area contributed by atoms with Gasteiger partial charge in [0, 0.05) is 19.6 Å². The highest BCUT2D eigenvalue weighted by molar-refractivity contribution is 7.98. The Kier molecular flexibility index (Phi) is 5.66. The fourth-order valence-electron chi connectivity index (χ4n) is 1.74. The zero-order chi connectivity index (χ0) is 12.1. The average Bonchev–Trinajstić information content (AvgIpc) is 2.50. The maximum absolute atomic E-state index is 6.25. The van der Waals surface area contributed by atoms with Crippen LogP contribution in [0.1, 0.15) is 26.0 Å². The molecule has 0 bridgehead atoms. The number of fused-ring (bicyclic) bond motifs is 1. The van der Waals surface area contributed by atoms with E-state index in [1.165, 1.54) is 0 Å². The molecule has 0 saturated heterocycles. The highest BCUT2D eigenvalue weighted by Crippen LogP contribution is 2.29. The molecule has 1 aliphatic rings. The summed E-state index contributed by atoms with van der Waals surface area (Å²) in [5.74, 6) is 0. The predicted octanol–water partition coefficient (Wildman–Crippen LogP) is 3.12. The third-order valence-electron chi connectivity index (χ3n) is 2.49. The molecule has 1 aliphatic heterocycles. The number of halogens is 1. The summed E-state index contributed by atoms with van der Waals surface area (Å²) in [4.78, 5) is 2.29. The second-order valence-corrected chi connectivity index (χ2v) is 4.76. The molecule has 0 N–H and O–H groups in total. The summed E-state index contributed by atoms with van der Waals surface area (Å²) in [5, 5.41) is 6.28. The van der Waals surface area contributed by atoms with E-state index in [1.807, 2.05) is 20.1 Å². The maximum atomic E-state index is 6.25. The molecule has 0 spiro atoms.